The Morgan fingerprint density at radius 3 is 2.70 bits per heavy atom. The molecule has 2 N–H and O–H groups in total. The molecule has 0 bridgehead atoms. The highest BCUT2D eigenvalue weighted by molar-refractivity contribution is 7.91. The van der Waals surface area contributed by atoms with E-state index in [1.807, 2.05) is 29.8 Å². The fourth-order valence-electron chi connectivity index (χ4n) is 2.42. The van der Waals surface area contributed by atoms with E-state index in [0.717, 1.165) is 17.3 Å². The molecular weight excluding hydrogens is 272 g/mol. The summed E-state index contributed by atoms with van der Waals surface area (Å²) in [5.74, 6) is 0.474. The number of nitrogens with two attached hydrogens (primary N) is 1. The van der Waals surface area contributed by atoms with Gasteiger partial charge < -0.3 is 10.3 Å². The van der Waals surface area contributed by atoms with E-state index in [4.69, 9.17) is 5.73 Å². The van der Waals surface area contributed by atoms with Crippen molar-refractivity contribution in [1.82, 2.24) is 4.57 Å². The first-order valence-electron chi connectivity index (χ1n) is 7.04. The highest BCUT2D eigenvalue weighted by Gasteiger charge is 2.10. The third-order valence-corrected chi connectivity index (χ3v) is 5.26. The zero-order valence-corrected chi connectivity index (χ0v) is 12.7. The predicted molar refractivity (Wildman–Crippen MR) is 83.6 cm³/mol. The van der Waals surface area contributed by atoms with E-state index >= 15 is 0 Å². The molecule has 1 aromatic heterocycles. The van der Waals surface area contributed by atoms with E-state index in [0.29, 0.717) is 19.5 Å². The molecule has 2 aromatic rings. The maximum absolute atomic E-state index is 11.8. The van der Waals surface area contributed by atoms with E-state index in [1.165, 1.54) is 5.56 Å². The Labute approximate surface area is 120 Å². The van der Waals surface area contributed by atoms with E-state index in [2.05, 4.69) is 12.1 Å². The summed E-state index contributed by atoms with van der Waals surface area (Å²) in [6, 6.07) is 8.26. The van der Waals surface area contributed by atoms with Gasteiger partial charge in [-0.1, -0.05) is 13.0 Å². The van der Waals surface area contributed by atoms with Gasteiger partial charge in [-0.2, -0.15) is 0 Å². The molecule has 0 saturated carbocycles. The second kappa shape index (κ2) is 6.41. The van der Waals surface area contributed by atoms with Gasteiger partial charge in [0.1, 0.15) is 0 Å². The zero-order valence-electron chi connectivity index (χ0n) is 11.9. The van der Waals surface area contributed by atoms with Crippen LogP contribution in [0.5, 0.6) is 0 Å². The van der Waals surface area contributed by atoms with Gasteiger partial charge in [0, 0.05) is 24.0 Å². The summed E-state index contributed by atoms with van der Waals surface area (Å²) in [6.45, 7) is 3.05. The summed E-state index contributed by atoms with van der Waals surface area (Å²) in [4.78, 5) is 0. The van der Waals surface area contributed by atoms with Gasteiger partial charge in [0.05, 0.1) is 5.75 Å². The van der Waals surface area contributed by atoms with Crippen LogP contribution in [0.25, 0.3) is 10.9 Å². The fraction of sp³-hybridized carbons (Fsp3) is 0.467. The molecular formula is C15H22N2O2S. The quantitative estimate of drug-likeness (QED) is 0.849. The topological polar surface area (TPSA) is 65.1 Å². The standard InChI is InChI=1S/C15H22N2O2S/c1-2-10-20(18,19)11-9-17-8-6-14-12-13(5-7-16)3-4-15(14)17/h3-4,6,8,12H,2,5,7,9-11,16H2,1H3. The Bertz CT molecular complexity index is 674. The average Bonchev–Trinajstić information content (AvgIpc) is 2.79. The van der Waals surface area contributed by atoms with Crippen LogP contribution < -0.4 is 5.73 Å². The fourth-order valence-corrected chi connectivity index (χ4v) is 3.72. The second-order valence-electron chi connectivity index (χ2n) is 5.09. The average molecular weight is 294 g/mol. The van der Waals surface area contributed by atoms with Crippen molar-refractivity contribution in [1.29, 1.82) is 0 Å². The number of nitrogens with zero attached hydrogens (tertiary/aromatic N) is 1. The van der Waals surface area contributed by atoms with Crippen molar-refractivity contribution in [2.24, 2.45) is 5.73 Å². The summed E-state index contributed by atoms with van der Waals surface area (Å²) in [7, 11) is -2.93. The van der Waals surface area contributed by atoms with Crippen molar-refractivity contribution in [2.45, 2.75) is 26.3 Å². The van der Waals surface area contributed by atoms with Crippen LogP contribution in [0, 0.1) is 0 Å². The van der Waals surface area contributed by atoms with Crippen LogP contribution in [0.15, 0.2) is 30.5 Å². The molecule has 0 atom stereocenters. The molecule has 0 radical (unpaired) electrons. The smallest absolute Gasteiger partial charge is 0.152 e. The molecule has 0 unspecified atom stereocenters. The van der Waals surface area contributed by atoms with Gasteiger partial charge in [-0.3, -0.25) is 0 Å². The minimum Gasteiger partial charge on any atom is -0.346 e. The molecule has 5 heteroatoms. The number of aryl methyl sites for hydroxylation is 1. The third-order valence-electron chi connectivity index (χ3n) is 3.43. The molecule has 0 aliphatic carbocycles. The van der Waals surface area contributed by atoms with E-state index in [9.17, 15) is 8.42 Å². The molecule has 0 saturated heterocycles. The minimum absolute atomic E-state index is 0.204. The van der Waals surface area contributed by atoms with Gasteiger partial charge in [0.2, 0.25) is 0 Å². The van der Waals surface area contributed by atoms with Gasteiger partial charge in [-0.05, 0) is 48.5 Å². The molecule has 110 valence electrons. The van der Waals surface area contributed by atoms with Crippen molar-refractivity contribution in [3.05, 3.63) is 36.0 Å². The number of sulfone groups is 1. The van der Waals surface area contributed by atoms with Crippen LogP contribution in [0.4, 0.5) is 0 Å². The van der Waals surface area contributed by atoms with E-state index in [1.54, 1.807) is 0 Å². The van der Waals surface area contributed by atoms with Crippen LogP contribution in [-0.4, -0.2) is 31.0 Å². The number of hydrogen-bond acceptors (Lipinski definition) is 3. The lowest BCUT2D eigenvalue weighted by Crippen LogP contribution is -2.15. The molecule has 1 aromatic carbocycles. The lowest BCUT2D eigenvalue weighted by molar-refractivity contribution is 0.588. The number of rotatable bonds is 7. The Morgan fingerprint density at radius 1 is 1.20 bits per heavy atom. The largest absolute Gasteiger partial charge is 0.346 e. The van der Waals surface area contributed by atoms with Crippen molar-refractivity contribution < 1.29 is 8.42 Å². The predicted octanol–water partition coefficient (Wildman–Crippen LogP) is 1.97. The van der Waals surface area contributed by atoms with E-state index in [-0.39, 0.29) is 11.5 Å². The molecule has 0 aliphatic heterocycles. The number of benzene rings is 1. The molecule has 1 heterocycles. The minimum atomic E-state index is -2.93. The SMILES string of the molecule is CCCS(=O)(=O)CCn1ccc2cc(CCN)ccc21. The maximum Gasteiger partial charge on any atom is 0.152 e. The molecule has 0 aliphatic rings. The Morgan fingerprint density at radius 2 is 2.00 bits per heavy atom. The lowest BCUT2D eigenvalue weighted by Gasteiger charge is -2.07. The van der Waals surface area contributed by atoms with Gasteiger partial charge in [-0.15, -0.1) is 0 Å². The third kappa shape index (κ3) is 3.61. The Balaban J connectivity index is 2.15. The summed E-state index contributed by atoms with van der Waals surface area (Å²) in [5, 5.41) is 1.14. The number of hydrogen-bond donors (Lipinski definition) is 1. The molecule has 2 rings (SSSR count). The van der Waals surface area contributed by atoms with Gasteiger partial charge in [0.25, 0.3) is 0 Å². The van der Waals surface area contributed by atoms with Gasteiger partial charge in [0.15, 0.2) is 9.84 Å². The van der Waals surface area contributed by atoms with Crippen LogP contribution in [0.2, 0.25) is 0 Å². The normalized spacial score (nSPS) is 12.1. The summed E-state index contributed by atoms with van der Waals surface area (Å²) >= 11 is 0. The molecule has 4 nitrogen and oxygen atoms in total. The maximum atomic E-state index is 11.8. The summed E-state index contributed by atoms with van der Waals surface area (Å²) < 4.78 is 25.6. The first-order valence-corrected chi connectivity index (χ1v) is 8.86. The van der Waals surface area contributed by atoms with Gasteiger partial charge >= 0.3 is 0 Å². The first-order chi connectivity index (χ1) is 9.55. The van der Waals surface area contributed by atoms with Crippen molar-refractivity contribution >= 4 is 20.7 Å². The number of fused-ring (bicyclic) bond motifs is 1. The first kappa shape index (κ1) is 15.1. The lowest BCUT2D eigenvalue weighted by atomic mass is 10.1. The molecule has 0 spiro atoms. The van der Waals surface area contributed by atoms with Crippen molar-refractivity contribution in [3.8, 4) is 0 Å². The Kier molecular flexibility index (Phi) is 4.83. The van der Waals surface area contributed by atoms with Crippen LogP contribution >= 0.6 is 0 Å². The van der Waals surface area contributed by atoms with Crippen LogP contribution in [-0.2, 0) is 22.8 Å². The zero-order chi connectivity index (χ0) is 14.6. The summed E-state index contributed by atoms with van der Waals surface area (Å²) in [6.07, 6.45) is 3.50. The monoisotopic (exact) mass is 294 g/mol. The number of aromatic nitrogens is 1. The van der Waals surface area contributed by atoms with Crippen molar-refractivity contribution in [3.63, 3.8) is 0 Å². The van der Waals surface area contributed by atoms with Crippen LogP contribution in [0.1, 0.15) is 18.9 Å². The van der Waals surface area contributed by atoms with Crippen molar-refractivity contribution in [2.75, 3.05) is 18.1 Å². The molecule has 0 amide bonds. The van der Waals surface area contributed by atoms with Gasteiger partial charge in [-0.25, -0.2) is 8.42 Å². The highest BCUT2D eigenvalue weighted by atomic mass is 32.2. The van der Waals surface area contributed by atoms with Crippen LogP contribution in [0.3, 0.4) is 0 Å². The Hall–Kier alpha value is -1.33. The molecule has 20 heavy (non-hydrogen) atoms. The summed E-state index contributed by atoms with van der Waals surface area (Å²) in [5.41, 5.74) is 7.86. The molecule has 0 fully saturated rings. The highest BCUT2D eigenvalue weighted by Crippen LogP contribution is 2.18. The second-order valence-corrected chi connectivity index (χ2v) is 7.40. The van der Waals surface area contributed by atoms with E-state index < -0.39 is 9.84 Å².